The number of terminal acetylenes is 1. The maximum absolute atomic E-state index is 13.2. The molecule has 0 atom stereocenters. The molecule has 0 saturated carbocycles. The van der Waals surface area contributed by atoms with Crippen LogP contribution >= 0.6 is 0 Å². The predicted molar refractivity (Wildman–Crippen MR) is 80.2 cm³/mol. The molecule has 0 aliphatic heterocycles. The van der Waals surface area contributed by atoms with E-state index in [0.717, 1.165) is 11.1 Å². The summed E-state index contributed by atoms with van der Waals surface area (Å²) in [7, 11) is 0. The average molecular weight is 309 g/mol. The van der Waals surface area contributed by atoms with E-state index < -0.39 is 0 Å². The van der Waals surface area contributed by atoms with Crippen molar-refractivity contribution >= 4 is 5.78 Å². The number of rotatable bonds is 5. The number of ketones is 1. The third kappa shape index (κ3) is 3.52. The van der Waals surface area contributed by atoms with Crippen LogP contribution in [0.1, 0.15) is 27.4 Å². The molecular formula is C17H12FN3O2. The van der Waals surface area contributed by atoms with Crippen molar-refractivity contribution in [3.8, 4) is 12.3 Å². The fraction of sp³-hybridized carbons (Fsp3) is 0.118. The molecule has 0 unspecified atom stereocenters. The largest absolute Gasteiger partial charge is 0.347 e. The first kappa shape index (κ1) is 14.7. The number of Topliss-reactive ketones (excluding diaryl/α,β-unsaturated/α-hetero) is 1. The van der Waals surface area contributed by atoms with E-state index in [2.05, 4.69) is 16.2 Å². The van der Waals surface area contributed by atoms with Crippen LogP contribution < -0.4 is 0 Å². The minimum atomic E-state index is -0.291. The highest BCUT2D eigenvalue weighted by molar-refractivity contribution is 5.95. The maximum Gasteiger partial charge on any atom is 0.210 e. The fourth-order valence-electron chi connectivity index (χ4n) is 2.16. The van der Waals surface area contributed by atoms with Crippen LogP contribution in [0.3, 0.4) is 0 Å². The Morgan fingerprint density at radius 2 is 2.22 bits per heavy atom. The third-order valence-corrected chi connectivity index (χ3v) is 3.22. The van der Waals surface area contributed by atoms with Gasteiger partial charge in [0.25, 0.3) is 0 Å². The number of carbonyl (C=O) groups is 1. The van der Waals surface area contributed by atoms with Crippen LogP contribution in [0.15, 0.2) is 47.2 Å². The Kier molecular flexibility index (Phi) is 4.02. The van der Waals surface area contributed by atoms with Gasteiger partial charge in [0.05, 0.1) is 12.7 Å². The minimum Gasteiger partial charge on any atom is -0.347 e. The summed E-state index contributed by atoms with van der Waals surface area (Å²) >= 11 is 0. The van der Waals surface area contributed by atoms with Crippen LogP contribution in [-0.4, -0.2) is 20.7 Å². The highest BCUT2D eigenvalue weighted by Gasteiger charge is 2.13. The first-order valence-corrected chi connectivity index (χ1v) is 6.86. The standard InChI is InChI=1S/C17H12FN3O2/c1-2-15-8-16(20-23-15)17(22)7-13-9-19-21(11-13)10-12-4-3-5-14(18)6-12/h1,3-6,8-9,11H,7,10H2. The zero-order valence-electron chi connectivity index (χ0n) is 12.1. The molecule has 1 aromatic carbocycles. The third-order valence-electron chi connectivity index (χ3n) is 3.22. The molecule has 5 nitrogen and oxygen atoms in total. The van der Waals surface area contributed by atoms with Gasteiger partial charge < -0.3 is 4.52 Å². The molecule has 114 valence electrons. The van der Waals surface area contributed by atoms with Gasteiger partial charge in [-0.1, -0.05) is 17.3 Å². The summed E-state index contributed by atoms with van der Waals surface area (Å²) in [5.74, 6) is 1.99. The molecule has 0 N–H and O–H groups in total. The number of halogens is 1. The van der Waals surface area contributed by atoms with Crippen molar-refractivity contribution in [2.45, 2.75) is 13.0 Å². The quantitative estimate of drug-likeness (QED) is 0.536. The average Bonchev–Trinajstić information content (AvgIpc) is 3.16. The van der Waals surface area contributed by atoms with Gasteiger partial charge in [-0.2, -0.15) is 5.10 Å². The van der Waals surface area contributed by atoms with E-state index >= 15 is 0 Å². The van der Waals surface area contributed by atoms with Crippen molar-refractivity contribution in [2.24, 2.45) is 0 Å². The molecule has 3 rings (SSSR count). The molecule has 23 heavy (non-hydrogen) atoms. The highest BCUT2D eigenvalue weighted by atomic mass is 19.1. The van der Waals surface area contributed by atoms with Crippen LogP contribution in [0, 0.1) is 18.2 Å². The number of hydrogen-bond donors (Lipinski definition) is 0. The van der Waals surface area contributed by atoms with Gasteiger partial charge in [0, 0.05) is 18.7 Å². The molecule has 0 aliphatic rings. The first-order chi connectivity index (χ1) is 11.1. The molecule has 0 spiro atoms. The second-order valence-corrected chi connectivity index (χ2v) is 5.00. The van der Waals surface area contributed by atoms with E-state index in [1.165, 1.54) is 18.2 Å². The summed E-state index contributed by atoms with van der Waals surface area (Å²) in [5.41, 5.74) is 1.72. The first-order valence-electron chi connectivity index (χ1n) is 6.86. The number of aromatic nitrogens is 3. The molecule has 0 saturated heterocycles. The molecule has 0 fully saturated rings. The van der Waals surface area contributed by atoms with E-state index in [4.69, 9.17) is 10.9 Å². The topological polar surface area (TPSA) is 60.9 Å². The van der Waals surface area contributed by atoms with Crippen molar-refractivity contribution in [3.05, 3.63) is 71.1 Å². The van der Waals surface area contributed by atoms with Gasteiger partial charge in [-0.05, 0) is 29.2 Å². The van der Waals surface area contributed by atoms with Crippen molar-refractivity contribution < 1.29 is 13.7 Å². The van der Waals surface area contributed by atoms with Crippen LogP contribution in [0.5, 0.6) is 0 Å². The fourth-order valence-corrected chi connectivity index (χ4v) is 2.16. The van der Waals surface area contributed by atoms with E-state index in [-0.39, 0.29) is 29.5 Å². The Morgan fingerprint density at radius 3 is 2.96 bits per heavy atom. The number of benzene rings is 1. The number of nitrogens with zero attached hydrogens (tertiary/aromatic N) is 3. The smallest absolute Gasteiger partial charge is 0.210 e. The van der Waals surface area contributed by atoms with E-state index in [1.54, 1.807) is 23.1 Å². The van der Waals surface area contributed by atoms with Gasteiger partial charge >= 0.3 is 0 Å². The van der Waals surface area contributed by atoms with Crippen molar-refractivity contribution in [2.75, 3.05) is 0 Å². The molecular weight excluding hydrogens is 297 g/mol. The van der Waals surface area contributed by atoms with Crippen LogP contribution in [0.25, 0.3) is 0 Å². The molecule has 0 amide bonds. The van der Waals surface area contributed by atoms with Gasteiger partial charge in [0.1, 0.15) is 5.82 Å². The van der Waals surface area contributed by atoms with Crippen LogP contribution in [0.4, 0.5) is 4.39 Å². The van der Waals surface area contributed by atoms with Crippen molar-refractivity contribution in [3.63, 3.8) is 0 Å². The summed E-state index contributed by atoms with van der Waals surface area (Å²) in [6.45, 7) is 0.428. The van der Waals surface area contributed by atoms with Crippen molar-refractivity contribution in [1.29, 1.82) is 0 Å². The van der Waals surface area contributed by atoms with Crippen LogP contribution in [-0.2, 0) is 13.0 Å². The van der Waals surface area contributed by atoms with Gasteiger partial charge in [-0.3, -0.25) is 9.48 Å². The summed E-state index contributed by atoms with van der Waals surface area (Å²) < 4.78 is 19.6. The summed E-state index contributed by atoms with van der Waals surface area (Å²) in [6.07, 6.45) is 8.64. The lowest BCUT2D eigenvalue weighted by atomic mass is 10.1. The second-order valence-electron chi connectivity index (χ2n) is 5.00. The van der Waals surface area contributed by atoms with Gasteiger partial charge in [0.15, 0.2) is 11.5 Å². The highest BCUT2D eigenvalue weighted by Crippen LogP contribution is 2.10. The molecule has 0 aliphatic carbocycles. The van der Waals surface area contributed by atoms with Gasteiger partial charge in [0.2, 0.25) is 5.76 Å². The molecule has 0 radical (unpaired) electrons. The van der Waals surface area contributed by atoms with E-state index in [9.17, 15) is 9.18 Å². The number of hydrogen-bond acceptors (Lipinski definition) is 4. The minimum absolute atomic E-state index is 0.139. The SMILES string of the molecule is C#Cc1cc(C(=O)Cc2cnn(Cc3cccc(F)c3)c2)no1. The Labute approximate surface area is 131 Å². The van der Waals surface area contributed by atoms with Gasteiger partial charge in [-0.15, -0.1) is 6.42 Å². The van der Waals surface area contributed by atoms with Crippen LogP contribution in [0.2, 0.25) is 0 Å². The van der Waals surface area contributed by atoms with Gasteiger partial charge in [-0.25, -0.2) is 4.39 Å². The summed E-state index contributed by atoms with van der Waals surface area (Å²) in [5, 5.41) is 7.81. The molecule has 2 aromatic heterocycles. The Morgan fingerprint density at radius 1 is 1.35 bits per heavy atom. The lowest BCUT2D eigenvalue weighted by molar-refractivity contribution is 0.0984. The molecule has 3 aromatic rings. The maximum atomic E-state index is 13.2. The Balaban J connectivity index is 1.67. The Bertz CT molecular complexity index is 889. The van der Waals surface area contributed by atoms with E-state index in [0.29, 0.717) is 6.54 Å². The Hall–Kier alpha value is -3.20. The summed E-state index contributed by atoms with van der Waals surface area (Å²) in [6, 6.07) is 7.72. The lowest BCUT2D eigenvalue weighted by Gasteiger charge is -2.01. The molecule has 2 heterocycles. The van der Waals surface area contributed by atoms with Crippen molar-refractivity contribution in [1.82, 2.24) is 14.9 Å². The zero-order valence-corrected chi connectivity index (χ0v) is 12.1. The number of carbonyl (C=O) groups excluding carboxylic acids is 1. The monoisotopic (exact) mass is 309 g/mol. The normalized spacial score (nSPS) is 10.4. The molecule has 6 heteroatoms. The summed E-state index contributed by atoms with van der Waals surface area (Å²) in [4.78, 5) is 12.1. The molecule has 0 bridgehead atoms. The zero-order chi connectivity index (χ0) is 16.2. The lowest BCUT2D eigenvalue weighted by Crippen LogP contribution is -2.03. The van der Waals surface area contributed by atoms with E-state index in [1.807, 2.05) is 6.07 Å². The second kappa shape index (κ2) is 6.28. The predicted octanol–water partition coefficient (Wildman–Crippen LogP) is 2.47.